The van der Waals surface area contributed by atoms with E-state index < -0.39 is 41.6 Å². The average Bonchev–Trinajstić information content (AvgIpc) is 3.06. The summed E-state index contributed by atoms with van der Waals surface area (Å²) < 4.78 is 4.85. The molecule has 0 saturated heterocycles. The molecular weight excluding hydrogens is 580 g/mol. The highest BCUT2D eigenvalue weighted by Gasteiger charge is 2.62. The SMILES string of the molecule is CNC(=O)C1C(OC=O)C(C(=O)O)C1C(=O)Nc1ccc(CCc2ccc(-c3ccc(CCc4ccc(C)cc4)cc3)cc2)cc1. The second kappa shape index (κ2) is 14.7. The minimum atomic E-state index is -1.31. The number of benzene rings is 4. The number of anilines is 1. The van der Waals surface area contributed by atoms with E-state index in [1.54, 1.807) is 12.1 Å². The smallest absolute Gasteiger partial charge is 0.311 e. The van der Waals surface area contributed by atoms with E-state index >= 15 is 0 Å². The van der Waals surface area contributed by atoms with Gasteiger partial charge in [0.05, 0.1) is 11.8 Å². The first-order valence-corrected chi connectivity index (χ1v) is 15.4. The van der Waals surface area contributed by atoms with E-state index in [-0.39, 0.29) is 6.47 Å². The van der Waals surface area contributed by atoms with Crippen molar-refractivity contribution in [3.8, 4) is 11.1 Å². The average molecular weight is 619 g/mol. The lowest BCUT2D eigenvalue weighted by molar-refractivity contribution is -0.186. The summed E-state index contributed by atoms with van der Waals surface area (Å²) in [6, 6.07) is 33.4. The third-order valence-corrected chi connectivity index (χ3v) is 8.82. The van der Waals surface area contributed by atoms with Crippen molar-refractivity contribution in [2.24, 2.45) is 17.8 Å². The van der Waals surface area contributed by atoms with Crippen LogP contribution in [-0.2, 0) is 49.6 Å². The highest BCUT2D eigenvalue weighted by atomic mass is 16.5. The van der Waals surface area contributed by atoms with Gasteiger partial charge in [-0.1, -0.05) is 90.5 Å². The molecule has 1 saturated carbocycles. The molecule has 236 valence electrons. The van der Waals surface area contributed by atoms with Crippen LogP contribution in [-0.4, -0.2) is 42.5 Å². The minimum absolute atomic E-state index is 0.102. The van der Waals surface area contributed by atoms with Gasteiger partial charge in [0.1, 0.15) is 12.0 Å². The molecule has 3 N–H and O–H groups in total. The van der Waals surface area contributed by atoms with Crippen LogP contribution in [0.5, 0.6) is 0 Å². The first-order valence-electron chi connectivity index (χ1n) is 15.4. The molecule has 1 fully saturated rings. The largest absolute Gasteiger partial charge is 0.481 e. The molecule has 0 spiro atoms. The number of hydrogen-bond acceptors (Lipinski definition) is 5. The summed E-state index contributed by atoms with van der Waals surface area (Å²) in [6.07, 6.45) is 2.48. The van der Waals surface area contributed by atoms with Gasteiger partial charge in [-0.05, 0) is 78.1 Å². The molecule has 46 heavy (non-hydrogen) atoms. The van der Waals surface area contributed by atoms with Crippen molar-refractivity contribution in [3.63, 3.8) is 0 Å². The predicted molar refractivity (Wildman–Crippen MR) is 176 cm³/mol. The second-order valence-corrected chi connectivity index (χ2v) is 11.8. The summed E-state index contributed by atoms with van der Waals surface area (Å²) in [5.41, 5.74) is 9.10. The zero-order valence-corrected chi connectivity index (χ0v) is 25.9. The summed E-state index contributed by atoms with van der Waals surface area (Å²) in [5.74, 6) is -6.06. The van der Waals surface area contributed by atoms with E-state index in [1.807, 2.05) is 12.1 Å². The summed E-state index contributed by atoms with van der Waals surface area (Å²) in [4.78, 5) is 48.0. The van der Waals surface area contributed by atoms with Gasteiger partial charge < -0.3 is 20.5 Å². The molecular formula is C38H38N2O6. The fourth-order valence-electron chi connectivity index (χ4n) is 6.08. The Morgan fingerprint density at radius 3 is 1.50 bits per heavy atom. The number of nitrogens with one attached hydrogen (secondary N) is 2. The quantitative estimate of drug-likeness (QED) is 0.173. The van der Waals surface area contributed by atoms with Crippen molar-refractivity contribution in [2.45, 2.75) is 38.7 Å². The molecule has 8 nitrogen and oxygen atoms in total. The Morgan fingerprint density at radius 2 is 1.09 bits per heavy atom. The van der Waals surface area contributed by atoms with Crippen molar-refractivity contribution in [1.82, 2.24) is 5.32 Å². The topological polar surface area (TPSA) is 122 Å². The molecule has 4 aromatic carbocycles. The molecule has 4 unspecified atom stereocenters. The predicted octanol–water partition coefficient (Wildman–Crippen LogP) is 5.41. The zero-order valence-electron chi connectivity index (χ0n) is 25.9. The van der Waals surface area contributed by atoms with Crippen LogP contribution < -0.4 is 10.6 Å². The van der Waals surface area contributed by atoms with Crippen molar-refractivity contribution >= 4 is 29.9 Å². The van der Waals surface area contributed by atoms with Gasteiger partial charge in [0.15, 0.2) is 0 Å². The molecule has 1 aliphatic carbocycles. The number of aryl methyl sites for hydroxylation is 5. The molecule has 1 aliphatic rings. The number of carbonyl (C=O) groups excluding carboxylic acids is 3. The van der Waals surface area contributed by atoms with Crippen LogP contribution in [0.15, 0.2) is 97.1 Å². The lowest BCUT2D eigenvalue weighted by Crippen LogP contribution is -2.64. The van der Waals surface area contributed by atoms with E-state index in [0.29, 0.717) is 5.69 Å². The molecule has 5 rings (SSSR count). The Labute approximate surface area is 268 Å². The van der Waals surface area contributed by atoms with Crippen molar-refractivity contribution < 1.29 is 29.0 Å². The Kier molecular flexibility index (Phi) is 10.3. The maximum Gasteiger partial charge on any atom is 0.311 e. The second-order valence-electron chi connectivity index (χ2n) is 11.8. The number of aliphatic carboxylic acids is 1. The normalized spacial score (nSPS) is 18.6. The molecule has 2 amide bonds. The van der Waals surface area contributed by atoms with Crippen molar-refractivity contribution in [3.05, 3.63) is 125 Å². The number of rotatable bonds is 13. The standard InChI is InChI=1S/C38H38N2O6/c1-24-3-5-25(6-4-24)7-8-26-11-17-29(18-12-26)30-19-13-27(14-20-30)9-10-28-15-21-31(22-16-28)40-37(43)32-33(36(42)39-2)35(46-23-41)34(32)38(44)45/h3-6,11-23,32-35H,7-10H2,1-2H3,(H,39,42)(H,40,43)(H,44,45). The molecule has 4 atom stereocenters. The molecule has 0 heterocycles. The highest BCUT2D eigenvalue weighted by molar-refractivity contribution is 6.01. The maximum atomic E-state index is 13.0. The fourth-order valence-corrected chi connectivity index (χ4v) is 6.08. The third-order valence-electron chi connectivity index (χ3n) is 8.82. The van der Waals surface area contributed by atoms with Gasteiger partial charge in [0.2, 0.25) is 11.8 Å². The lowest BCUT2D eigenvalue weighted by atomic mass is 9.61. The molecule has 8 heteroatoms. The molecule has 0 aliphatic heterocycles. The Hall–Kier alpha value is -5.24. The monoisotopic (exact) mass is 618 g/mol. The number of carboxylic acids is 1. The number of ether oxygens (including phenoxy) is 1. The lowest BCUT2D eigenvalue weighted by Gasteiger charge is -2.45. The Bertz CT molecular complexity index is 1660. The minimum Gasteiger partial charge on any atom is -0.481 e. The zero-order chi connectivity index (χ0) is 32.6. The molecule has 0 bridgehead atoms. The number of amides is 2. The summed E-state index contributed by atoms with van der Waals surface area (Å²) in [7, 11) is 1.38. The Balaban J connectivity index is 1.12. The van der Waals surface area contributed by atoms with Crippen molar-refractivity contribution in [1.29, 1.82) is 0 Å². The summed E-state index contributed by atoms with van der Waals surface area (Å²) in [5, 5.41) is 14.7. The van der Waals surface area contributed by atoms with E-state index in [4.69, 9.17) is 4.74 Å². The van der Waals surface area contributed by atoms with Crippen LogP contribution in [0.4, 0.5) is 5.69 Å². The molecule has 0 aromatic heterocycles. The van der Waals surface area contributed by atoms with E-state index in [2.05, 4.69) is 90.4 Å². The van der Waals surface area contributed by atoms with Gasteiger partial charge >= 0.3 is 5.97 Å². The fraction of sp³-hybridized carbons (Fsp3) is 0.263. The first-order chi connectivity index (χ1) is 22.3. The van der Waals surface area contributed by atoms with Gasteiger partial charge in [-0.2, -0.15) is 0 Å². The van der Waals surface area contributed by atoms with Crippen LogP contribution in [0.25, 0.3) is 11.1 Å². The van der Waals surface area contributed by atoms with E-state index in [1.165, 1.54) is 40.4 Å². The van der Waals surface area contributed by atoms with Crippen molar-refractivity contribution in [2.75, 3.05) is 12.4 Å². The van der Waals surface area contributed by atoms with Crippen LogP contribution in [0, 0.1) is 24.7 Å². The summed E-state index contributed by atoms with van der Waals surface area (Å²) >= 11 is 0. The van der Waals surface area contributed by atoms with Gasteiger partial charge in [-0.25, -0.2) is 0 Å². The van der Waals surface area contributed by atoms with Gasteiger partial charge in [0.25, 0.3) is 6.47 Å². The number of carbonyl (C=O) groups is 4. The molecule has 0 radical (unpaired) electrons. The number of hydrogen-bond donors (Lipinski definition) is 3. The van der Waals surface area contributed by atoms with E-state index in [0.717, 1.165) is 31.2 Å². The van der Waals surface area contributed by atoms with Crippen LogP contribution in [0.1, 0.15) is 27.8 Å². The van der Waals surface area contributed by atoms with Crippen LogP contribution >= 0.6 is 0 Å². The first kappa shape index (κ1) is 32.2. The third kappa shape index (κ3) is 7.51. The highest BCUT2D eigenvalue weighted by Crippen LogP contribution is 2.44. The molecule has 4 aromatic rings. The maximum absolute atomic E-state index is 13.0. The van der Waals surface area contributed by atoms with E-state index in [9.17, 15) is 24.3 Å². The van der Waals surface area contributed by atoms with Crippen LogP contribution in [0.2, 0.25) is 0 Å². The van der Waals surface area contributed by atoms with Gasteiger partial charge in [0, 0.05) is 12.7 Å². The van der Waals surface area contributed by atoms with Crippen LogP contribution in [0.3, 0.4) is 0 Å². The van der Waals surface area contributed by atoms with Gasteiger partial charge in [-0.3, -0.25) is 19.2 Å². The van der Waals surface area contributed by atoms with Gasteiger partial charge in [-0.15, -0.1) is 0 Å². The number of carboxylic acid groups (broad SMARTS) is 1. The summed E-state index contributed by atoms with van der Waals surface area (Å²) in [6.45, 7) is 2.21. The Morgan fingerprint density at radius 1 is 0.652 bits per heavy atom.